The summed E-state index contributed by atoms with van der Waals surface area (Å²) >= 11 is 0. The summed E-state index contributed by atoms with van der Waals surface area (Å²) in [6.07, 6.45) is 0.841. The van der Waals surface area contributed by atoms with Gasteiger partial charge < -0.3 is 5.32 Å². The highest BCUT2D eigenvalue weighted by molar-refractivity contribution is 7.88. The van der Waals surface area contributed by atoms with E-state index in [0.29, 0.717) is 24.2 Å². The molecule has 0 aromatic heterocycles. The van der Waals surface area contributed by atoms with Gasteiger partial charge in [-0.25, -0.2) is 12.7 Å². The van der Waals surface area contributed by atoms with Crippen LogP contribution in [0.2, 0.25) is 0 Å². The summed E-state index contributed by atoms with van der Waals surface area (Å²) < 4.78 is 26.1. The minimum atomic E-state index is -3.30. The molecule has 6 heteroatoms. The van der Waals surface area contributed by atoms with Crippen molar-refractivity contribution in [3.05, 3.63) is 35.4 Å². The van der Waals surface area contributed by atoms with Crippen LogP contribution in [-0.4, -0.2) is 38.9 Å². The average molecular weight is 279 g/mol. The van der Waals surface area contributed by atoms with Gasteiger partial charge in [0.05, 0.1) is 17.4 Å². The monoisotopic (exact) mass is 279 g/mol. The van der Waals surface area contributed by atoms with Gasteiger partial charge in [0, 0.05) is 19.1 Å². The molecule has 1 aromatic carbocycles. The smallest absolute Gasteiger partial charge is 0.218 e. The third kappa shape index (κ3) is 3.32. The van der Waals surface area contributed by atoms with Crippen molar-refractivity contribution in [1.29, 1.82) is 5.26 Å². The second-order valence-electron chi connectivity index (χ2n) is 4.70. The molecule has 2 rings (SSSR count). The predicted molar refractivity (Wildman–Crippen MR) is 72.8 cm³/mol. The number of hydrogen-bond donors (Lipinski definition) is 1. The van der Waals surface area contributed by atoms with Crippen LogP contribution in [0.1, 0.15) is 17.5 Å². The van der Waals surface area contributed by atoms with Gasteiger partial charge in [-0.1, -0.05) is 12.1 Å². The van der Waals surface area contributed by atoms with Gasteiger partial charge >= 0.3 is 0 Å². The Hall–Kier alpha value is -1.42. The molecular weight excluding hydrogens is 262 g/mol. The van der Waals surface area contributed by atoms with E-state index in [4.69, 9.17) is 5.26 Å². The molecule has 1 unspecified atom stereocenters. The summed E-state index contributed by atoms with van der Waals surface area (Å²) in [5, 5.41) is 11.9. The zero-order valence-electron chi connectivity index (χ0n) is 10.8. The molecule has 1 aliphatic rings. The van der Waals surface area contributed by atoms with E-state index in [1.54, 1.807) is 24.3 Å². The highest BCUT2D eigenvalue weighted by Gasteiger charge is 2.30. The quantitative estimate of drug-likeness (QED) is 0.879. The fraction of sp³-hybridized carbons (Fsp3) is 0.462. The van der Waals surface area contributed by atoms with E-state index < -0.39 is 10.0 Å². The molecule has 1 aliphatic heterocycles. The Balaban J connectivity index is 2.11. The van der Waals surface area contributed by atoms with Crippen LogP contribution in [0.5, 0.6) is 0 Å². The number of benzene rings is 1. The minimum Gasteiger partial charge on any atom is -0.316 e. The van der Waals surface area contributed by atoms with E-state index in [1.165, 1.54) is 4.31 Å². The first kappa shape index (κ1) is 14.0. The molecule has 1 atom stereocenters. The van der Waals surface area contributed by atoms with Crippen LogP contribution in [-0.2, 0) is 15.8 Å². The first-order chi connectivity index (χ1) is 9.05. The molecule has 0 spiro atoms. The average Bonchev–Trinajstić information content (AvgIpc) is 2.88. The van der Waals surface area contributed by atoms with Crippen molar-refractivity contribution < 1.29 is 8.42 Å². The lowest BCUT2D eigenvalue weighted by atomic mass is 10.2. The first-order valence-electron chi connectivity index (χ1n) is 6.19. The summed E-state index contributed by atoms with van der Waals surface area (Å²) in [5.74, 6) is -0.0427. The molecule has 0 bridgehead atoms. The lowest BCUT2D eigenvalue weighted by molar-refractivity contribution is 0.464. The molecule has 1 heterocycles. The van der Waals surface area contributed by atoms with Crippen LogP contribution >= 0.6 is 0 Å². The molecule has 1 N–H and O–H groups in total. The summed E-state index contributed by atoms with van der Waals surface area (Å²) in [5.41, 5.74) is 1.15. The van der Waals surface area contributed by atoms with Gasteiger partial charge in [0.1, 0.15) is 0 Å². The van der Waals surface area contributed by atoms with Crippen molar-refractivity contribution in [2.45, 2.75) is 18.2 Å². The largest absolute Gasteiger partial charge is 0.316 e. The van der Waals surface area contributed by atoms with Gasteiger partial charge in [0.25, 0.3) is 0 Å². The number of nitrogens with one attached hydrogen (secondary N) is 1. The van der Waals surface area contributed by atoms with E-state index >= 15 is 0 Å². The predicted octanol–water partition coefficient (Wildman–Crippen LogP) is 0.682. The maximum absolute atomic E-state index is 12.3. The summed E-state index contributed by atoms with van der Waals surface area (Å²) in [6, 6.07) is 9.01. The Morgan fingerprint density at radius 2 is 2.32 bits per heavy atom. The van der Waals surface area contributed by atoms with Crippen LogP contribution in [0.25, 0.3) is 0 Å². The standard InChI is InChI=1S/C13H17N3O2S/c1-15-13-5-6-16(9-13)19(17,18)10-12-4-2-3-11(7-12)8-14/h2-4,7,13,15H,5-6,9-10H2,1H3. The fourth-order valence-electron chi connectivity index (χ4n) is 2.25. The Morgan fingerprint density at radius 3 is 2.95 bits per heavy atom. The maximum atomic E-state index is 12.3. The van der Waals surface area contributed by atoms with Gasteiger partial charge in [0.15, 0.2) is 0 Å². The van der Waals surface area contributed by atoms with E-state index in [0.717, 1.165) is 6.42 Å². The van der Waals surface area contributed by atoms with Gasteiger partial charge in [-0.2, -0.15) is 5.26 Å². The van der Waals surface area contributed by atoms with Crippen LogP contribution in [0.15, 0.2) is 24.3 Å². The molecule has 0 radical (unpaired) electrons. The Bertz CT molecular complexity index is 592. The van der Waals surface area contributed by atoms with Crippen molar-refractivity contribution >= 4 is 10.0 Å². The highest BCUT2D eigenvalue weighted by atomic mass is 32.2. The lowest BCUT2D eigenvalue weighted by Gasteiger charge is -2.16. The summed E-state index contributed by atoms with van der Waals surface area (Å²) in [6.45, 7) is 1.09. The lowest BCUT2D eigenvalue weighted by Crippen LogP contribution is -2.34. The molecule has 1 aromatic rings. The molecule has 102 valence electrons. The second kappa shape index (κ2) is 5.70. The van der Waals surface area contributed by atoms with Crippen LogP contribution in [0.4, 0.5) is 0 Å². The van der Waals surface area contributed by atoms with Gasteiger partial charge in [0.2, 0.25) is 10.0 Å². The first-order valence-corrected chi connectivity index (χ1v) is 7.80. The highest BCUT2D eigenvalue weighted by Crippen LogP contribution is 2.18. The molecule has 1 saturated heterocycles. The van der Waals surface area contributed by atoms with E-state index in [9.17, 15) is 8.42 Å². The number of sulfonamides is 1. The third-order valence-corrected chi connectivity index (χ3v) is 5.17. The number of nitrogens with zero attached hydrogens (tertiary/aromatic N) is 2. The van der Waals surface area contributed by atoms with Crippen molar-refractivity contribution in [2.24, 2.45) is 0 Å². The summed E-state index contributed by atoms with van der Waals surface area (Å²) in [7, 11) is -1.45. The maximum Gasteiger partial charge on any atom is 0.218 e. The Morgan fingerprint density at radius 1 is 1.53 bits per heavy atom. The summed E-state index contributed by atoms with van der Waals surface area (Å²) in [4.78, 5) is 0. The van der Waals surface area contributed by atoms with Crippen LogP contribution in [0.3, 0.4) is 0 Å². The zero-order valence-corrected chi connectivity index (χ0v) is 11.7. The van der Waals surface area contributed by atoms with Crippen LogP contribution in [0, 0.1) is 11.3 Å². The SMILES string of the molecule is CNC1CCN(S(=O)(=O)Cc2cccc(C#N)c2)C1. The van der Waals surface area contributed by atoms with E-state index in [2.05, 4.69) is 5.32 Å². The number of rotatable bonds is 4. The molecule has 0 amide bonds. The Labute approximate surface area is 113 Å². The number of nitriles is 1. The minimum absolute atomic E-state index is 0.0427. The van der Waals surface area contributed by atoms with Gasteiger partial charge in [-0.15, -0.1) is 0 Å². The van der Waals surface area contributed by atoms with Crippen molar-refractivity contribution in [1.82, 2.24) is 9.62 Å². The van der Waals surface area contributed by atoms with Gasteiger partial charge in [-0.05, 0) is 31.2 Å². The Kier molecular flexibility index (Phi) is 4.20. The molecule has 5 nitrogen and oxygen atoms in total. The normalized spacial score (nSPS) is 20.3. The fourth-order valence-corrected chi connectivity index (χ4v) is 3.82. The van der Waals surface area contributed by atoms with Gasteiger partial charge in [-0.3, -0.25) is 0 Å². The molecule has 19 heavy (non-hydrogen) atoms. The van der Waals surface area contributed by atoms with Crippen molar-refractivity contribution in [2.75, 3.05) is 20.1 Å². The number of likely N-dealkylation sites (N-methyl/N-ethyl adjacent to an activating group) is 1. The van der Waals surface area contributed by atoms with E-state index in [1.807, 2.05) is 13.1 Å². The molecule has 0 saturated carbocycles. The van der Waals surface area contributed by atoms with Crippen LogP contribution < -0.4 is 5.32 Å². The topological polar surface area (TPSA) is 73.2 Å². The van der Waals surface area contributed by atoms with Crippen molar-refractivity contribution in [3.63, 3.8) is 0 Å². The molecule has 1 fully saturated rings. The number of hydrogen-bond acceptors (Lipinski definition) is 4. The van der Waals surface area contributed by atoms with Crippen molar-refractivity contribution in [3.8, 4) is 6.07 Å². The second-order valence-corrected chi connectivity index (χ2v) is 6.67. The third-order valence-electron chi connectivity index (χ3n) is 3.36. The van der Waals surface area contributed by atoms with E-state index in [-0.39, 0.29) is 11.8 Å². The zero-order chi connectivity index (χ0) is 13.9. The molecule has 0 aliphatic carbocycles. The molecular formula is C13H17N3O2S.